The van der Waals surface area contributed by atoms with E-state index in [0.717, 1.165) is 5.75 Å². The Morgan fingerprint density at radius 1 is 0.667 bits per heavy atom. The number of aliphatic hydroxyl groups is 1. The molecule has 0 bridgehead atoms. The van der Waals surface area contributed by atoms with Crippen LogP contribution in [0.25, 0.3) is 0 Å². The molecule has 3 heteroatoms. The van der Waals surface area contributed by atoms with Crippen molar-refractivity contribution in [3.63, 3.8) is 0 Å². The summed E-state index contributed by atoms with van der Waals surface area (Å²) in [7, 11) is -0.126. The van der Waals surface area contributed by atoms with Crippen molar-refractivity contribution in [3.8, 4) is 5.75 Å². The van der Waals surface area contributed by atoms with Crippen molar-refractivity contribution in [1.29, 1.82) is 0 Å². The standard InChI is InChI=1S/C21H21O2S/c22-16-7-17-23-18-12-14-21(15-13-18)24(19-8-3-1-4-9-19)20-10-5-2-6-11-20/h1-6,8-15,22H,7,16-17H2/q+1. The third-order valence-electron chi connectivity index (χ3n) is 3.59. The van der Waals surface area contributed by atoms with Crippen molar-refractivity contribution in [2.75, 3.05) is 13.2 Å². The normalized spacial score (nSPS) is 10.8. The van der Waals surface area contributed by atoms with Crippen LogP contribution in [0.4, 0.5) is 0 Å². The maximum Gasteiger partial charge on any atom is 0.166 e. The van der Waals surface area contributed by atoms with Crippen LogP contribution in [0.1, 0.15) is 6.42 Å². The van der Waals surface area contributed by atoms with E-state index in [4.69, 9.17) is 9.84 Å². The molecule has 0 fully saturated rings. The van der Waals surface area contributed by atoms with Gasteiger partial charge in [-0.1, -0.05) is 36.4 Å². The monoisotopic (exact) mass is 337 g/mol. The molecular formula is C21H21O2S+. The Morgan fingerprint density at radius 2 is 1.17 bits per heavy atom. The molecule has 3 aromatic rings. The molecule has 0 aliphatic heterocycles. The first-order valence-electron chi connectivity index (χ1n) is 8.06. The molecule has 122 valence electrons. The lowest BCUT2D eigenvalue weighted by atomic mass is 10.3. The lowest BCUT2D eigenvalue weighted by Gasteiger charge is -2.09. The van der Waals surface area contributed by atoms with Gasteiger partial charge < -0.3 is 9.84 Å². The highest BCUT2D eigenvalue weighted by atomic mass is 32.2. The molecule has 0 heterocycles. The largest absolute Gasteiger partial charge is 0.494 e. The van der Waals surface area contributed by atoms with Crippen LogP contribution in [0, 0.1) is 0 Å². The summed E-state index contributed by atoms with van der Waals surface area (Å²) in [5.74, 6) is 0.844. The first kappa shape index (κ1) is 16.6. The highest BCUT2D eigenvalue weighted by molar-refractivity contribution is 7.97. The molecular weight excluding hydrogens is 316 g/mol. The topological polar surface area (TPSA) is 29.5 Å². The maximum atomic E-state index is 8.83. The molecule has 3 rings (SSSR count). The SMILES string of the molecule is OCCCOc1ccc([S+](c2ccccc2)c2ccccc2)cc1. The van der Waals surface area contributed by atoms with Gasteiger partial charge in [-0.05, 0) is 48.5 Å². The average molecular weight is 337 g/mol. The van der Waals surface area contributed by atoms with Crippen LogP contribution in [-0.2, 0) is 10.9 Å². The van der Waals surface area contributed by atoms with Crippen molar-refractivity contribution in [3.05, 3.63) is 84.9 Å². The van der Waals surface area contributed by atoms with E-state index >= 15 is 0 Å². The van der Waals surface area contributed by atoms with Gasteiger partial charge in [0.25, 0.3) is 0 Å². The Hall–Kier alpha value is -2.23. The Balaban J connectivity index is 1.89. The van der Waals surface area contributed by atoms with Crippen LogP contribution in [0.5, 0.6) is 5.75 Å². The second kappa shape index (κ2) is 8.57. The summed E-state index contributed by atoms with van der Waals surface area (Å²) >= 11 is 0. The van der Waals surface area contributed by atoms with Crippen molar-refractivity contribution >= 4 is 10.9 Å². The van der Waals surface area contributed by atoms with Gasteiger partial charge in [-0.15, -0.1) is 0 Å². The van der Waals surface area contributed by atoms with Gasteiger partial charge in [0.15, 0.2) is 14.7 Å². The van der Waals surface area contributed by atoms with Gasteiger partial charge in [0.2, 0.25) is 0 Å². The zero-order chi connectivity index (χ0) is 16.6. The van der Waals surface area contributed by atoms with Crippen molar-refractivity contribution < 1.29 is 9.84 Å². The van der Waals surface area contributed by atoms with Gasteiger partial charge in [-0.2, -0.15) is 0 Å². The minimum absolute atomic E-state index is 0.126. The zero-order valence-corrected chi connectivity index (χ0v) is 14.3. The smallest absolute Gasteiger partial charge is 0.166 e. The van der Waals surface area contributed by atoms with Gasteiger partial charge >= 0.3 is 0 Å². The van der Waals surface area contributed by atoms with Crippen molar-refractivity contribution in [1.82, 2.24) is 0 Å². The van der Waals surface area contributed by atoms with Crippen molar-refractivity contribution in [2.24, 2.45) is 0 Å². The molecule has 0 spiro atoms. The van der Waals surface area contributed by atoms with Crippen LogP contribution in [0.3, 0.4) is 0 Å². The number of hydrogen-bond donors (Lipinski definition) is 1. The maximum absolute atomic E-state index is 8.83. The van der Waals surface area contributed by atoms with E-state index in [1.165, 1.54) is 14.7 Å². The first-order chi connectivity index (χ1) is 11.9. The molecule has 0 atom stereocenters. The molecule has 0 aliphatic carbocycles. The fraction of sp³-hybridized carbons (Fsp3) is 0.143. The summed E-state index contributed by atoms with van der Waals surface area (Å²) < 4.78 is 5.64. The van der Waals surface area contributed by atoms with E-state index in [-0.39, 0.29) is 17.5 Å². The summed E-state index contributed by atoms with van der Waals surface area (Å²) in [6, 6.07) is 29.5. The molecule has 2 nitrogen and oxygen atoms in total. The van der Waals surface area contributed by atoms with E-state index in [1.54, 1.807) is 0 Å². The third kappa shape index (κ3) is 4.19. The first-order valence-corrected chi connectivity index (χ1v) is 9.29. The summed E-state index contributed by atoms with van der Waals surface area (Å²) in [4.78, 5) is 3.87. The van der Waals surface area contributed by atoms with E-state index < -0.39 is 0 Å². The van der Waals surface area contributed by atoms with Crippen LogP contribution in [-0.4, -0.2) is 18.3 Å². The van der Waals surface area contributed by atoms with E-state index in [0.29, 0.717) is 13.0 Å². The molecule has 0 saturated heterocycles. The van der Waals surface area contributed by atoms with Gasteiger partial charge in [-0.3, -0.25) is 0 Å². The molecule has 0 radical (unpaired) electrons. The lowest BCUT2D eigenvalue weighted by Crippen LogP contribution is -2.05. The fourth-order valence-electron chi connectivity index (χ4n) is 2.45. The molecule has 0 aliphatic rings. The van der Waals surface area contributed by atoms with Crippen LogP contribution in [0.2, 0.25) is 0 Å². The summed E-state index contributed by atoms with van der Waals surface area (Å²) in [5.41, 5.74) is 0. The Kier molecular flexibility index (Phi) is 5.94. The van der Waals surface area contributed by atoms with E-state index in [2.05, 4.69) is 60.7 Å². The number of rotatable bonds is 7. The number of benzene rings is 3. The third-order valence-corrected chi connectivity index (χ3v) is 5.82. The summed E-state index contributed by atoms with van der Waals surface area (Å²) in [6.07, 6.45) is 0.653. The van der Waals surface area contributed by atoms with Crippen LogP contribution in [0.15, 0.2) is 99.6 Å². The van der Waals surface area contributed by atoms with Gasteiger partial charge in [0.05, 0.1) is 17.5 Å². The molecule has 24 heavy (non-hydrogen) atoms. The number of ether oxygens (including phenoxy) is 1. The second-order valence-electron chi connectivity index (χ2n) is 5.33. The number of hydrogen-bond acceptors (Lipinski definition) is 2. The highest BCUT2D eigenvalue weighted by Crippen LogP contribution is 2.31. The zero-order valence-electron chi connectivity index (χ0n) is 13.5. The summed E-state index contributed by atoms with van der Waals surface area (Å²) in [6.45, 7) is 0.697. The fourth-order valence-corrected chi connectivity index (χ4v) is 4.53. The Morgan fingerprint density at radius 3 is 1.67 bits per heavy atom. The van der Waals surface area contributed by atoms with Gasteiger partial charge in [-0.25, -0.2) is 0 Å². The average Bonchev–Trinajstić information content (AvgIpc) is 2.65. The highest BCUT2D eigenvalue weighted by Gasteiger charge is 2.28. The lowest BCUT2D eigenvalue weighted by molar-refractivity contribution is 0.233. The Labute approximate surface area is 146 Å². The number of aliphatic hydroxyl groups excluding tert-OH is 1. The van der Waals surface area contributed by atoms with Crippen LogP contribution >= 0.6 is 0 Å². The molecule has 0 aromatic heterocycles. The predicted octanol–water partition coefficient (Wildman–Crippen LogP) is 4.54. The van der Waals surface area contributed by atoms with E-state index in [9.17, 15) is 0 Å². The minimum Gasteiger partial charge on any atom is -0.494 e. The molecule has 0 saturated carbocycles. The van der Waals surface area contributed by atoms with Gasteiger partial charge in [0, 0.05) is 13.0 Å². The molecule has 1 N–H and O–H groups in total. The summed E-state index contributed by atoms with van der Waals surface area (Å²) in [5, 5.41) is 8.83. The predicted molar refractivity (Wildman–Crippen MR) is 98.7 cm³/mol. The Bertz CT molecular complexity index is 687. The molecule has 0 amide bonds. The second-order valence-corrected chi connectivity index (χ2v) is 7.36. The van der Waals surface area contributed by atoms with Gasteiger partial charge in [0.1, 0.15) is 5.75 Å². The quantitative estimate of drug-likeness (QED) is 0.506. The van der Waals surface area contributed by atoms with E-state index in [1.807, 2.05) is 24.3 Å². The minimum atomic E-state index is -0.126. The van der Waals surface area contributed by atoms with Crippen LogP contribution < -0.4 is 4.74 Å². The molecule has 0 unspecified atom stereocenters. The van der Waals surface area contributed by atoms with Crippen molar-refractivity contribution in [2.45, 2.75) is 21.1 Å². The molecule has 3 aromatic carbocycles.